The average Bonchev–Trinajstić information content (AvgIpc) is 3.37. The maximum absolute atomic E-state index is 12.8. The number of aromatic nitrogens is 2. The van der Waals surface area contributed by atoms with Crippen molar-refractivity contribution in [2.75, 3.05) is 18.5 Å². The van der Waals surface area contributed by atoms with E-state index in [1.807, 2.05) is 41.2 Å². The zero-order valence-electron chi connectivity index (χ0n) is 16.5. The lowest BCUT2D eigenvalue weighted by atomic mass is 10.1. The van der Waals surface area contributed by atoms with E-state index >= 15 is 0 Å². The molecule has 2 aromatic carbocycles. The minimum absolute atomic E-state index is 0.0555. The summed E-state index contributed by atoms with van der Waals surface area (Å²) in [6.45, 7) is 1.94. The van der Waals surface area contributed by atoms with E-state index in [9.17, 15) is 9.59 Å². The molecule has 0 radical (unpaired) electrons. The summed E-state index contributed by atoms with van der Waals surface area (Å²) in [5.74, 6) is 0.0915. The van der Waals surface area contributed by atoms with Crippen LogP contribution < -0.4 is 4.90 Å². The van der Waals surface area contributed by atoms with Crippen LogP contribution in [-0.4, -0.2) is 40.1 Å². The molecule has 0 aliphatic carbocycles. The summed E-state index contributed by atoms with van der Waals surface area (Å²) in [6.07, 6.45) is 5.26. The van der Waals surface area contributed by atoms with Gasteiger partial charge in [-0.1, -0.05) is 30.3 Å². The number of hydrogen-bond donors (Lipinski definition) is 0. The first-order valence-corrected chi connectivity index (χ1v) is 9.81. The molecule has 1 aromatic heterocycles. The summed E-state index contributed by atoms with van der Waals surface area (Å²) in [7, 11) is 1.79. The highest BCUT2D eigenvalue weighted by molar-refractivity contribution is 5.97. The molecule has 2 heterocycles. The Kier molecular flexibility index (Phi) is 5.42. The molecule has 6 heteroatoms. The molecule has 4 rings (SSSR count). The number of rotatable bonds is 6. The second-order valence-corrected chi connectivity index (χ2v) is 7.39. The first kappa shape index (κ1) is 18.9. The smallest absolute Gasteiger partial charge is 0.253 e. The second-order valence-electron chi connectivity index (χ2n) is 7.39. The van der Waals surface area contributed by atoms with E-state index in [1.54, 1.807) is 35.2 Å². The first-order valence-electron chi connectivity index (χ1n) is 9.81. The number of benzene rings is 2. The van der Waals surface area contributed by atoms with Gasteiger partial charge in [-0.15, -0.1) is 0 Å². The molecule has 0 saturated carbocycles. The SMILES string of the molecule is CN(Cc1cnn(Cc2ccccc2)c1)C(=O)c1ccc(N2CCCC2=O)cc1. The van der Waals surface area contributed by atoms with Gasteiger partial charge in [0, 0.05) is 49.6 Å². The predicted molar refractivity (Wildman–Crippen MR) is 112 cm³/mol. The molecule has 1 fully saturated rings. The van der Waals surface area contributed by atoms with Gasteiger partial charge in [0.1, 0.15) is 0 Å². The topological polar surface area (TPSA) is 58.4 Å². The van der Waals surface area contributed by atoms with Gasteiger partial charge in [-0.05, 0) is 36.2 Å². The van der Waals surface area contributed by atoms with E-state index in [4.69, 9.17) is 0 Å². The van der Waals surface area contributed by atoms with E-state index in [2.05, 4.69) is 17.2 Å². The summed E-state index contributed by atoms with van der Waals surface area (Å²) in [4.78, 5) is 28.1. The Morgan fingerprint density at radius 1 is 1.07 bits per heavy atom. The van der Waals surface area contributed by atoms with Crippen molar-refractivity contribution in [1.29, 1.82) is 0 Å². The third-order valence-corrected chi connectivity index (χ3v) is 5.14. The summed E-state index contributed by atoms with van der Waals surface area (Å²) in [5.41, 5.74) is 3.63. The molecule has 0 N–H and O–H groups in total. The lowest BCUT2D eigenvalue weighted by molar-refractivity contribution is -0.117. The molecule has 0 unspecified atom stereocenters. The predicted octanol–water partition coefficient (Wildman–Crippen LogP) is 3.33. The zero-order valence-corrected chi connectivity index (χ0v) is 16.5. The van der Waals surface area contributed by atoms with Crippen LogP contribution in [0, 0.1) is 0 Å². The lowest BCUT2D eigenvalue weighted by Gasteiger charge is -2.18. The number of carbonyl (C=O) groups excluding carboxylic acids is 2. The number of nitrogens with zero attached hydrogens (tertiary/aromatic N) is 4. The standard InChI is InChI=1S/C23H24N4O2/c1-25(15-19-14-24-26(17-19)16-18-6-3-2-4-7-18)23(29)20-9-11-21(12-10-20)27-13-5-8-22(27)28/h2-4,6-7,9-12,14,17H,5,8,13,15-16H2,1H3. The minimum atomic E-state index is -0.0555. The Balaban J connectivity index is 1.37. The van der Waals surface area contributed by atoms with Crippen molar-refractivity contribution in [3.63, 3.8) is 0 Å². The Morgan fingerprint density at radius 2 is 1.83 bits per heavy atom. The maximum Gasteiger partial charge on any atom is 0.253 e. The Hall–Kier alpha value is -3.41. The van der Waals surface area contributed by atoms with Crippen molar-refractivity contribution in [3.8, 4) is 0 Å². The molecule has 1 saturated heterocycles. The molecule has 1 aliphatic rings. The Labute approximate surface area is 170 Å². The largest absolute Gasteiger partial charge is 0.337 e. The van der Waals surface area contributed by atoms with Crippen LogP contribution in [0.2, 0.25) is 0 Å². The van der Waals surface area contributed by atoms with Crippen molar-refractivity contribution < 1.29 is 9.59 Å². The maximum atomic E-state index is 12.8. The van der Waals surface area contributed by atoms with Gasteiger partial charge >= 0.3 is 0 Å². The highest BCUT2D eigenvalue weighted by Gasteiger charge is 2.22. The van der Waals surface area contributed by atoms with Gasteiger partial charge in [0.25, 0.3) is 5.91 Å². The van der Waals surface area contributed by atoms with Gasteiger partial charge in [-0.3, -0.25) is 14.3 Å². The number of carbonyl (C=O) groups is 2. The molecule has 6 nitrogen and oxygen atoms in total. The third-order valence-electron chi connectivity index (χ3n) is 5.14. The Morgan fingerprint density at radius 3 is 2.52 bits per heavy atom. The van der Waals surface area contributed by atoms with Gasteiger partial charge in [-0.25, -0.2) is 0 Å². The first-order chi connectivity index (χ1) is 14.1. The molecular weight excluding hydrogens is 364 g/mol. The van der Waals surface area contributed by atoms with Crippen LogP contribution in [0.5, 0.6) is 0 Å². The van der Waals surface area contributed by atoms with Crippen LogP contribution in [-0.2, 0) is 17.9 Å². The highest BCUT2D eigenvalue weighted by atomic mass is 16.2. The van der Waals surface area contributed by atoms with Gasteiger partial charge in [-0.2, -0.15) is 5.10 Å². The molecule has 0 spiro atoms. The molecular formula is C23H24N4O2. The molecule has 29 heavy (non-hydrogen) atoms. The van der Waals surface area contributed by atoms with Crippen molar-refractivity contribution in [2.24, 2.45) is 0 Å². The van der Waals surface area contributed by atoms with Crippen LogP contribution in [0.1, 0.15) is 34.3 Å². The summed E-state index contributed by atoms with van der Waals surface area (Å²) < 4.78 is 1.88. The van der Waals surface area contributed by atoms with Gasteiger partial charge < -0.3 is 9.80 Å². The fraction of sp³-hybridized carbons (Fsp3) is 0.261. The van der Waals surface area contributed by atoms with E-state index in [-0.39, 0.29) is 11.8 Å². The minimum Gasteiger partial charge on any atom is -0.337 e. The quantitative estimate of drug-likeness (QED) is 0.651. The molecule has 0 atom stereocenters. The monoisotopic (exact) mass is 388 g/mol. The summed E-state index contributed by atoms with van der Waals surface area (Å²) in [5, 5.41) is 4.40. The van der Waals surface area contributed by atoms with Gasteiger partial charge in [0.15, 0.2) is 0 Å². The van der Waals surface area contributed by atoms with Crippen LogP contribution in [0.25, 0.3) is 0 Å². The number of amides is 2. The normalized spacial score (nSPS) is 13.7. The van der Waals surface area contributed by atoms with Crippen molar-refractivity contribution in [2.45, 2.75) is 25.9 Å². The molecule has 2 amide bonds. The molecule has 0 bridgehead atoms. The second kappa shape index (κ2) is 8.31. The Bertz CT molecular complexity index is 995. The van der Waals surface area contributed by atoms with Crippen molar-refractivity contribution >= 4 is 17.5 Å². The molecule has 148 valence electrons. The summed E-state index contributed by atoms with van der Waals surface area (Å²) >= 11 is 0. The van der Waals surface area contributed by atoms with Crippen LogP contribution in [0.15, 0.2) is 67.0 Å². The van der Waals surface area contributed by atoms with Gasteiger partial charge in [0.2, 0.25) is 5.91 Å². The van der Waals surface area contributed by atoms with E-state index in [1.165, 1.54) is 5.56 Å². The summed E-state index contributed by atoms with van der Waals surface area (Å²) in [6, 6.07) is 17.4. The molecule has 1 aliphatic heterocycles. The number of anilines is 1. The fourth-order valence-electron chi connectivity index (χ4n) is 3.62. The highest BCUT2D eigenvalue weighted by Crippen LogP contribution is 2.22. The van der Waals surface area contributed by atoms with Crippen molar-refractivity contribution in [1.82, 2.24) is 14.7 Å². The fourth-order valence-corrected chi connectivity index (χ4v) is 3.62. The number of hydrogen-bond acceptors (Lipinski definition) is 3. The van der Waals surface area contributed by atoms with Crippen LogP contribution in [0.3, 0.4) is 0 Å². The van der Waals surface area contributed by atoms with Crippen LogP contribution >= 0.6 is 0 Å². The van der Waals surface area contributed by atoms with Gasteiger partial charge in [0.05, 0.1) is 12.7 Å². The van der Waals surface area contributed by atoms with E-state index in [0.29, 0.717) is 25.1 Å². The van der Waals surface area contributed by atoms with E-state index < -0.39 is 0 Å². The van der Waals surface area contributed by atoms with E-state index in [0.717, 1.165) is 24.2 Å². The molecule has 3 aromatic rings. The average molecular weight is 388 g/mol. The van der Waals surface area contributed by atoms with Crippen molar-refractivity contribution in [3.05, 3.63) is 83.7 Å². The van der Waals surface area contributed by atoms with Crippen LogP contribution in [0.4, 0.5) is 5.69 Å². The third kappa shape index (κ3) is 4.37. The lowest BCUT2D eigenvalue weighted by Crippen LogP contribution is -2.26. The zero-order chi connectivity index (χ0) is 20.2.